The first-order valence-electron chi connectivity index (χ1n) is 19.2. The molecule has 2 atom stereocenters. The number of hydrogen-bond acceptors (Lipinski definition) is 6. The molecule has 9 rings (SSSR count). The van der Waals surface area contributed by atoms with Gasteiger partial charge in [-0.2, -0.15) is 0 Å². The third-order valence-electron chi connectivity index (χ3n) is 10.8. The maximum Gasteiger partial charge on any atom is 0.119 e. The largest absolute Gasteiger partial charge is 0.494 e. The Morgan fingerprint density at radius 3 is 1.36 bits per heavy atom. The van der Waals surface area contributed by atoms with Crippen molar-refractivity contribution in [2.75, 3.05) is 52.9 Å². The quantitative estimate of drug-likeness (QED) is 0.0655. The van der Waals surface area contributed by atoms with E-state index in [0.717, 1.165) is 63.6 Å². The lowest BCUT2D eigenvalue weighted by Crippen LogP contribution is -2.28. The molecular formula is C47H46O6. The molecule has 0 saturated carbocycles. The average Bonchev–Trinajstić information content (AvgIpc) is 4.15. The standard InChI is InChI=1S/C47H46O6/c1-3-11-45-43(9-1)44-10-2-4-12-46(44)47(45,37-17-13-35-27-39(19-15-33(35)25-37)50-23-7-5-21-48-29-41-31-52-41)38-18-14-36-28-40(20-16-34(36)26-38)51-24-8-6-22-49-30-42-32-53-42/h1-4,9-20,25-28,41-42H,5-8,21-24,29-32H2. The van der Waals surface area contributed by atoms with Crippen LogP contribution in [0.15, 0.2) is 121 Å². The molecular weight excluding hydrogens is 661 g/mol. The Morgan fingerprint density at radius 2 is 0.887 bits per heavy atom. The molecule has 53 heavy (non-hydrogen) atoms. The Bertz CT molecular complexity index is 2050. The molecule has 0 radical (unpaired) electrons. The van der Waals surface area contributed by atoms with Crippen molar-refractivity contribution >= 4 is 21.5 Å². The maximum atomic E-state index is 6.17. The topological polar surface area (TPSA) is 62.0 Å². The molecule has 0 amide bonds. The van der Waals surface area contributed by atoms with Crippen LogP contribution in [0.2, 0.25) is 0 Å². The van der Waals surface area contributed by atoms with Gasteiger partial charge in [-0.3, -0.25) is 0 Å². The molecule has 2 fully saturated rings. The van der Waals surface area contributed by atoms with Gasteiger partial charge in [0.15, 0.2) is 0 Å². The van der Waals surface area contributed by atoms with E-state index in [1.165, 1.54) is 54.9 Å². The van der Waals surface area contributed by atoms with Crippen LogP contribution in [0.1, 0.15) is 47.9 Å². The molecule has 270 valence electrons. The van der Waals surface area contributed by atoms with Crippen molar-refractivity contribution in [1.82, 2.24) is 0 Å². The van der Waals surface area contributed by atoms with Crippen LogP contribution >= 0.6 is 0 Å². The molecule has 0 aromatic heterocycles. The summed E-state index contributed by atoms with van der Waals surface area (Å²) in [6, 6.07) is 44.7. The second-order valence-corrected chi connectivity index (χ2v) is 14.5. The molecule has 2 saturated heterocycles. The molecule has 6 aromatic carbocycles. The van der Waals surface area contributed by atoms with E-state index in [9.17, 15) is 0 Å². The number of unbranched alkanes of at least 4 members (excludes halogenated alkanes) is 2. The van der Waals surface area contributed by atoms with Gasteiger partial charge in [-0.25, -0.2) is 0 Å². The molecule has 3 aliphatic rings. The lowest BCUT2D eigenvalue weighted by atomic mass is 9.67. The van der Waals surface area contributed by atoms with Crippen molar-refractivity contribution in [2.45, 2.75) is 43.3 Å². The van der Waals surface area contributed by atoms with E-state index in [1.54, 1.807) is 0 Å². The van der Waals surface area contributed by atoms with Crippen molar-refractivity contribution in [3.63, 3.8) is 0 Å². The molecule has 6 aromatic rings. The van der Waals surface area contributed by atoms with E-state index in [2.05, 4.69) is 121 Å². The van der Waals surface area contributed by atoms with Gasteiger partial charge in [0.1, 0.15) is 23.7 Å². The summed E-state index contributed by atoms with van der Waals surface area (Å²) in [7, 11) is 0. The number of rotatable bonds is 18. The maximum absolute atomic E-state index is 6.17. The zero-order valence-electron chi connectivity index (χ0n) is 30.1. The van der Waals surface area contributed by atoms with Crippen molar-refractivity contribution in [3.8, 4) is 22.6 Å². The van der Waals surface area contributed by atoms with Crippen LogP contribution in [0.3, 0.4) is 0 Å². The zero-order valence-corrected chi connectivity index (χ0v) is 30.1. The molecule has 2 aliphatic heterocycles. The predicted molar refractivity (Wildman–Crippen MR) is 209 cm³/mol. The van der Waals surface area contributed by atoms with Gasteiger partial charge in [-0.15, -0.1) is 0 Å². The Balaban J connectivity index is 0.981. The van der Waals surface area contributed by atoms with Gasteiger partial charge in [0.25, 0.3) is 0 Å². The SMILES string of the molecule is c1ccc2c(c1)-c1ccccc1C2(c1ccc2cc(OCCCCOCC3CO3)ccc2c1)c1ccc2cc(OCCCCOCC3CO3)ccc2c1. The Labute approximate surface area is 311 Å². The van der Waals surface area contributed by atoms with Crippen LogP contribution in [0.25, 0.3) is 32.7 Å². The van der Waals surface area contributed by atoms with Gasteiger partial charge in [-0.05, 0) is 117 Å². The summed E-state index contributed by atoms with van der Waals surface area (Å²) in [5.74, 6) is 1.80. The first-order chi connectivity index (χ1) is 26.3. The molecule has 0 N–H and O–H groups in total. The Morgan fingerprint density at radius 1 is 0.472 bits per heavy atom. The molecule has 2 unspecified atom stereocenters. The first kappa shape index (κ1) is 34.1. The Kier molecular flexibility index (Phi) is 9.85. The van der Waals surface area contributed by atoms with Crippen LogP contribution in [-0.4, -0.2) is 65.1 Å². The number of epoxide rings is 2. The summed E-state index contributed by atoms with van der Waals surface area (Å²) in [6.45, 7) is 5.93. The van der Waals surface area contributed by atoms with Crippen LogP contribution in [0.5, 0.6) is 11.5 Å². The number of ether oxygens (including phenoxy) is 6. The minimum absolute atomic E-state index is 0.318. The van der Waals surface area contributed by atoms with Crippen LogP contribution in [-0.2, 0) is 24.4 Å². The van der Waals surface area contributed by atoms with Crippen molar-refractivity contribution in [3.05, 3.63) is 144 Å². The van der Waals surface area contributed by atoms with E-state index in [4.69, 9.17) is 28.4 Å². The van der Waals surface area contributed by atoms with Gasteiger partial charge in [0.05, 0.1) is 45.1 Å². The van der Waals surface area contributed by atoms with E-state index in [0.29, 0.717) is 38.6 Å². The van der Waals surface area contributed by atoms with Gasteiger partial charge in [0, 0.05) is 13.2 Å². The monoisotopic (exact) mass is 706 g/mol. The summed E-state index contributed by atoms with van der Waals surface area (Å²) < 4.78 is 34.1. The molecule has 0 spiro atoms. The fourth-order valence-corrected chi connectivity index (χ4v) is 7.87. The Hall–Kier alpha value is -4.72. The zero-order chi connectivity index (χ0) is 35.5. The van der Waals surface area contributed by atoms with Crippen LogP contribution in [0, 0.1) is 0 Å². The second-order valence-electron chi connectivity index (χ2n) is 14.5. The van der Waals surface area contributed by atoms with Crippen molar-refractivity contribution in [1.29, 1.82) is 0 Å². The minimum Gasteiger partial charge on any atom is -0.494 e. The van der Waals surface area contributed by atoms with Gasteiger partial charge in [-0.1, -0.05) is 84.9 Å². The summed E-state index contributed by atoms with van der Waals surface area (Å²) in [5, 5.41) is 4.72. The van der Waals surface area contributed by atoms with Crippen molar-refractivity contribution in [2.24, 2.45) is 0 Å². The van der Waals surface area contributed by atoms with Crippen LogP contribution < -0.4 is 9.47 Å². The highest BCUT2D eigenvalue weighted by atomic mass is 16.6. The van der Waals surface area contributed by atoms with Crippen molar-refractivity contribution < 1.29 is 28.4 Å². The summed E-state index contributed by atoms with van der Waals surface area (Å²) in [6.07, 6.45) is 4.50. The third-order valence-corrected chi connectivity index (χ3v) is 10.8. The number of benzene rings is 6. The molecule has 6 nitrogen and oxygen atoms in total. The highest BCUT2D eigenvalue weighted by Gasteiger charge is 2.46. The molecule has 6 heteroatoms. The molecule has 0 bridgehead atoms. The van der Waals surface area contributed by atoms with E-state index in [-0.39, 0.29) is 0 Å². The summed E-state index contributed by atoms with van der Waals surface area (Å²) >= 11 is 0. The fourth-order valence-electron chi connectivity index (χ4n) is 7.87. The normalized spacial score (nSPS) is 17.8. The van der Waals surface area contributed by atoms with Crippen LogP contribution in [0.4, 0.5) is 0 Å². The lowest BCUT2D eigenvalue weighted by molar-refractivity contribution is 0.110. The van der Waals surface area contributed by atoms with Gasteiger partial charge in [0.2, 0.25) is 0 Å². The van der Waals surface area contributed by atoms with Gasteiger partial charge < -0.3 is 28.4 Å². The van der Waals surface area contributed by atoms with E-state index >= 15 is 0 Å². The first-order valence-corrected chi connectivity index (χ1v) is 19.2. The average molecular weight is 707 g/mol. The summed E-state index contributed by atoms with van der Waals surface area (Å²) in [5.41, 5.74) is 7.20. The lowest BCUT2D eigenvalue weighted by Gasteiger charge is -2.34. The minimum atomic E-state index is -0.485. The summed E-state index contributed by atoms with van der Waals surface area (Å²) in [4.78, 5) is 0. The third kappa shape index (κ3) is 7.29. The highest BCUT2D eigenvalue weighted by molar-refractivity contribution is 5.92. The highest BCUT2D eigenvalue weighted by Crippen LogP contribution is 2.56. The fraction of sp³-hybridized carbons (Fsp3) is 0.319. The number of hydrogen-bond donors (Lipinski definition) is 0. The molecule has 2 heterocycles. The van der Waals surface area contributed by atoms with E-state index in [1.807, 2.05) is 0 Å². The second kappa shape index (κ2) is 15.3. The predicted octanol–water partition coefficient (Wildman–Crippen LogP) is 9.50. The van der Waals surface area contributed by atoms with Gasteiger partial charge >= 0.3 is 0 Å². The molecule has 1 aliphatic carbocycles. The smallest absolute Gasteiger partial charge is 0.119 e. The number of fused-ring (bicyclic) bond motifs is 5. The van der Waals surface area contributed by atoms with E-state index < -0.39 is 5.41 Å².